The van der Waals surface area contributed by atoms with Gasteiger partial charge in [-0.05, 0) is 13.3 Å². The summed E-state index contributed by atoms with van der Waals surface area (Å²) in [5.41, 5.74) is 2.77. The van der Waals surface area contributed by atoms with Crippen LogP contribution in [0, 0.1) is 0 Å². The van der Waals surface area contributed by atoms with Crippen LogP contribution in [0.2, 0.25) is 0 Å². The minimum atomic E-state index is -0.978. The Morgan fingerprint density at radius 2 is 2.27 bits per heavy atom. The van der Waals surface area contributed by atoms with Crippen LogP contribution in [0.25, 0.3) is 0 Å². The van der Waals surface area contributed by atoms with Crippen LogP contribution in [0.15, 0.2) is 5.10 Å². The molecule has 0 spiro atoms. The molecule has 64 valence electrons. The van der Waals surface area contributed by atoms with E-state index in [4.69, 9.17) is 5.11 Å². The van der Waals surface area contributed by atoms with Gasteiger partial charge in [0, 0.05) is 6.54 Å². The number of nitrogens with zero attached hydrogens (tertiary/aromatic N) is 1. The fourth-order valence-corrected chi connectivity index (χ4v) is 0.478. The average Bonchev–Trinajstić information content (AvgIpc) is 1.97. The van der Waals surface area contributed by atoms with Crippen LogP contribution in [0.4, 0.5) is 0 Å². The van der Waals surface area contributed by atoms with E-state index >= 15 is 0 Å². The third kappa shape index (κ3) is 5.39. The molecule has 0 aliphatic heterocycles. The number of hydrazone groups is 1. The van der Waals surface area contributed by atoms with E-state index in [1.807, 2.05) is 0 Å². The smallest absolute Gasteiger partial charge is 0.351 e. The van der Waals surface area contributed by atoms with Crippen molar-refractivity contribution in [3.05, 3.63) is 0 Å². The van der Waals surface area contributed by atoms with Crippen LogP contribution in [0.1, 0.15) is 26.7 Å². The first-order valence-electron chi connectivity index (χ1n) is 3.69. The molecule has 4 nitrogen and oxygen atoms in total. The molecule has 0 radical (unpaired) electrons. The molecule has 0 atom stereocenters. The SMILES string of the molecule is CCCCN/N=C(\C)C(=O)O. The summed E-state index contributed by atoms with van der Waals surface area (Å²) in [6, 6.07) is 0. The number of nitrogens with one attached hydrogen (secondary N) is 1. The lowest BCUT2D eigenvalue weighted by atomic mass is 10.3. The van der Waals surface area contributed by atoms with Crippen molar-refractivity contribution in [3.63, 3.8) is 0 Å². The van der Waals surface area contributed by atoms with Crippen molar-refractivity contribution >= 4 is 11.7 Å². The van der Waals surface area contributed by atoms with E-state index in [9.17, 15) is 4.79 Å². The van der Waals surface area contributed by atoms with Gasteiger partial charge in [0.25, 0.3) is 0 Å². The summed E-state index contributed by atoms with van der Waals surface area (Å²) in [5.74, 6) is -0.978. The monoisotopic (exact) mass is 158 g/mol. The first kappa shape index (κ1) is 9.94. The van der Waals surface area contributed by atoms with E-state index in [0.29, 0.717) is 0 Å². The highest BCUT2D eigenvalue weighted by Crippen LogP contribution is 1.82. The third-order valence-electron chi connectivity index (χ3n) is 1.20. The summed E-state index contributed by atoms with van der Waals surface area (Å²) in [5, 5.41) is 12.0. The molecule has 0 aliphatic rings. The fourth-order valence-electron chi connectivity index (χ4n) is 0.478. The number of rotatable bonds is 5. The van der Waals surface area contributed by atoms with E-state index in [-0.39, 0.29) is 5.71 Å². The second-order valence-corrected chi connectivity index (χ2v) is 2.26. The van der Waals surface area contributed by atoms with Crippen molar-refractivity contribution in [2.75, 3.05) is 6.54 Å². The zero-order valence-corrected chi connectivity index (χ0v) is 6.92. The number of aliphatic carboxylic acids is 1. The molecule has 0 fully saturated rings. The Labute approximate surface area is 66.3 Å². The van der Waals surface area contributed by atoms with E-state index in [1.54, 1.807) is 0 Å². The molecular formula is C7H14N2O2. The highest BCUT2D eigenvalue weighted by molar-refractivity contribution is 6.34. The topological polar surface area (TPSA) is 61.7 Å². The molecule has 0 amide bonds. The largest absolute Gasteiger partial charge is 0.477 e. The van der Waals surface area contributed by atoms with Gasteiger partial charge in [-0.25, -0.2) is 4.79 Å². The zero-order chi connectivity index (χ0) is 8.69. The first-order chi connectivity index (χ1) is 5.18. The lowest BCUT2D eigenvalue weighted by Crippen LogP contribution is -2.15. The molecule has 0 aromatic carbocycles. The van der Waals surface area contributed by atoms with Crippen molar-refractivity contribution in [3.8, 4) is 0 Å². The summed E-state index contributed by atoms with van der Waals surface area (Å²) in [4.78, 5) is 10.2. The van der Waals surface area contributed by atoms with Gasteiger partial charge in [-0.1, -0.05) is 13.3 Å². The molecule has 0 aromatic heterocycles. The molecule has 0 aliphatic carbocycles. The minimum Gasteiger partial charge on any atom is -0.477 e. The summed E-state index contributed by atoms with van der Waals surface area (Å²) in [7, 11) is 0. The van der Waals surface area contributed by atoms with Gasteiger partial charge in [0.05, 0.1) is 0 Å². The van der Waals surface area contributed by atoms with Crippen LogP contribution in [-0.2, 0) is 4.79 Å². The Morgan fingerprint density at radius 3 is 2.73 bits per heavy atom. The molecule has 0 bridgehead atoms. The van der Waals surface area contributed by atoms with Gasteiger partial charge in [-0.3, -0.25) is 0 Å². The van der Waals surface area contributed by atoms with E-state index in [2.05, 4.69) is 17.5 Å². The van der Waals surface area contributed by atoms with Crippen LogP contribution >= 0.6 is 0 Å². The Kier molecular flexibility index (Phi) is 5.15. The number of carbonyl (C=O) groups is 1. The molecule has 0 saturated carbocycles. The normalized spacial score (nSPS) is 11.3. The highest BCUT2D eigenvalue weighted by atomic mass is 16.4. The molecule has 0 heterocycles. The number of hydrogen-bond acceptors (Lipinski definition) is 3. The predicted octanol–water partition coefficient (Wildman–Crippen LogP) is 0.837. The Morgan fingerprint density at radius 1 is 1.64 bits per heavy atom. The lowest BCUT2D eigenvalue weighted by Gasteiger charge is -1.97. The van der Waals surface area contributed by atoms with Gasteiger partial charge in [0.2, 0.25) is 0 Å². The second-order valence-electron chi connectivity index (χ2n) is 2.26. The standard InChI is InChI=1S/C7H14N2O2/c1-3-4-5-8-9-6(2)7(10)11/h8H,3-5H2,1-2H3,(H,10,11)/b9-6+. The summed E-state index contributed by atoms with van der Waals surface area (Å²) < 4.78 is 0. The quantitative estimate of drug-likeness (QED) is 0.354. The highest BCUT2D eigenvalue weighted by Gasteiger charge is 1.99. The van der Waals surface area contributed by atoms with Crippen LogP contribution < -0.4 is 5.43 Å². The van der Waals surface area contributed by atoms with E-state index < -0.39 is 5.97 Å². The lowest BCUT2D eigenvalue weighted by molar-refractivity contribution is -0.129. The van der Waals surface area contributed by atoms with Crippen molar-refractivity contribution < 1.29 is 9.90 Å². The summed E-state index contributed by atoms with van der Waals surface area (Å²) in [6.45, 7) is 4.26. The number of unbranched alkanes of at least 4 members (excludes halogenated alkanes) is 1. The van der Waals surface area contributed by atoms with Crippen molar-refractivity contribution in [1.82, 2.24) is 5.43 Å². The molecule has 0 rings (SSSR count). The molecule has 0 aromatic rings. The molecule has 2 N–H and O–H groups in total. The Hall–Kier alpha value is -1.06. The minimum absolute atomic E-state index is 0.0982. The van der Waals surface area contributed by atoms with Crippen molar-refractivity contribution in [1.29, 1.82) is 0 Å². The Bertz CT molecular complexity index is 155. The number of carboxylic acid groups (broad SMARTS) is 1. The van der Waals surface area contributed by atoms with Crippen LogP contribution in [-0.4, -0.2) is 23.3 Å². The summed E-state index contributed by atoms with van der Waals surface area (Å²) in [6.07, 6.45) is 2.09. The molecule has 4 heteroatoms. The van der Waals surface area contributed by atoms with Gasteiger partial charge in [-0.2, -0.15) is 5.10 Å². The molecule has 11 heavy (non-hydrogen) atoms. The maximum atomic E-state index is 10.2. The van der Waals surface area contributed by atoms with Gasteiger partial charge in [-0.15, -0.1) is 0 Å². The van der Waals surface area contributed by atoms with Crippen LogP contribution in [0.5, 0.6) is 0 Å². The van der Waals surface area contributed by atoms with E-state index in [0.717, 1.165) is 19.4 Å². The summed E-state index contributed by atoms with van der Waals surface area (Å²) >= 11 is 0. The van der Waals surface area contributed by atoms with Crippen LogP contribution in [0.3, 0.4) is 0 Å². The van der Waals surface area contributed by atoms with Gasteiger partial charge in [0.15, 0.2) is 0 Å². The maximum absolute atomic E-state index is 10.2. The van der Waals surface area contributed by atoms with Gasteiger partial charge in [0.1, 0.15) is 5.71 Å². The maximum Gasteiger partial charge on any atom is 0.351 e. The third-order valence-corrected chi connectivity index (χ3v) is 1.20. The first-order valence-corrected chi connectivity index (χ1v) is 3.69. The molecule has 0 saturated heterocycles. The van der Waals surface area contributed by atoms with Gasteiger partial charge >= 0.3 is 5.97 Å². The second kappa shape index (κ2) is 5.70. The predicted molar refractivity (Wildman–Crippen MR) is 43.7 cm³/mol. The van der Waals surface area contributed by atoms with Crippen molar-refractivity contribution in [2.45, 2.75) is 26.7 Å². The van der Waals surface area contributed by atoms with Gasteiger partial charge < -0.3 is 10.5 Å². The van der Waals surface area contributed by atoms with E-state index in [1.165, 1.54) is 6.92 Å². The molecule has 0 unspecified atom stereocenters. The zero-order valence-electron chi connectivity index (χ0n) is 6.92. The number of carboxylic acids is 1. The Balaban J connectivity index is 3.48. The average molecular weight is 158 g/mol. The van der Waals surface area contributed by atoms with Crippen molar-refractivity contribution in [2.24, 2.45) is 5.10 Å². The fraction of sp³-hybridized carbons (Fsp3) is 0.714. The number of hydrogen-bond donors (Lipinski definition) is 2. The molecular weight excluding hydrogens is 144 g/mol.